The van der Waals surface area contributed by atoms with Crippen LogP contribution in [-0.2, 0) is 121 Å². The molecule has 0 aliphatic rings. The number of furan rings is 2. The van der Waals surface area contributed by atoms with E-state index in [-0.39, 0.29) is 121 Å². The van der Waals surface area contributed by atoms with E-state index < -0.39 is 0 Å². The Morgan fingerprint density at radius 3 is 0.940 bits per heavy atom. The summed E-state index contributed by atoms with van der Waals surface area (Å²) in [6.07, 6.45) is 12.7. The van der Waals surface area contributed by atoms with Crippen LogP contribution in [-0.4, -0.2) is 34.9 Å². The van der Waals surface area contributed by atoms with Gasteiger partial charge < -0.3 is 43.7 Å². The number of fused-ring (bicyclic) bond motifs is 18. The van der Waals surface area contributed by atoms with Crippen molar-refractivity contribution in [1.29, 1.82) is 0 Å². The SMILES string of the molecule is Cc1ccnc(-c2[c-]cc3sc4ccccc4c3c2)c1.Cc1ccnc(-c2[c-]ccc3c2sc2ccccc23)c1.[Ir].[Ir].[Ir].[Ir].[Ir].[Ir].[c-]1cc2sc3ccccc3c2cc1-c1ccccn1.[c-]1ccc2c(oc3ccccc32)c1-c1ccccn1.[c-]1ccc2c(oc3ccccc32)c1-c1ccccn1.[c-]1ccc2c(sc3ccccc32)c1-c1ccccn1.[c-]1ccccc1-c1ccccn1. The molecule has 0 spiro atoms. The summed E-state index contributed by atoms with van der Waals surface area (Å²) in [5.74, 6) is 0. The predicted molar refractivity (Wildman–Crippen MR) is 535 cm³/mol. The molecule has 13 aromatic carbocycles. The molecular formula is C115H72Ir6N7O2S4-7. The third-order valence-electron chi connectivity index (χ3n) is 21.7. The number of thiophene rings is 4. The average Bonchev–Trinajstić information content (AvgIpc) is 1.51. The van der Waals surface area contributed by atoms with Gasteiger partial charge in [-0.3, -0.25) is 0 Å². The minimum Gasteiger partial charge on any atom is -0.501 e. The summed E-state index contributed by atoms with van der Waals surface area (Å²) in [6.45, 7) is 4.18. The van der Waals surface area contributed by atoms with Gasteiger partial charge in [0.15, 0.2) is 0 Å². The van der Waals surface area contributed by atoms with Crippen molar-refractivity contribution >= 4 is 170 Å². The normalized spacial score (nSPS) is 10.6. The topological polar surface area (TPSA) is 117 Å². The van der Waals surface area contributed by atoms with E-state index in [4.69, 9.17) is 8.83 Å². The Bertz CT molecular complexity index is 7980. The Kier molecular flexibility index (Phi) is 34.1. The first-order valence-corrected chi connectivity index (χ1v) is 44.9. The van der Waals surface area contributed by atoms with Crippen LogP contribution in [0.1, 0.15) is 11.1 Å². The van der Waals surface area contributed by atoms with Crippen molar-refractivity contribution in [3.8, 4) is 78.8 Å². The fourth-order valence-corrected chi connectivity index (χ4v) is 20.2. The molecule has 6 radical (unpaired) electrons. The fourth-order valence-electron chi connectivity index (χ4n) is 15.6. The second kappa shape index (κ2) is 46.5. The summed E-state index contributed by atoms with van der Waals surface area (Å²) in [4.78, 5) is 30.8. The number of para-hydroxylation sites is 2. The van der Waals surface area contributed by atoms with Crippen molar-refractivity contribution in [3.05, 3.63) is 455 Å². The molecule has 134 heavy (non-hydrogen) atoms. The summed E-state index contributed by atoms with van der Waals surface area (Å²) in [5.41, 5.74) is 19.8. The van der Waals surface area contributed by atoms with Crippen molar-refractivity contribution in [2.24, 2.45) is 0 Å². The number of aryl methyl sites for hydroxylation is 2. The molecule has 0 fully saturated rings. The van der Waals surface area contributed by atoms with Gasteiger partial charge in [-0.1, -0.05) is 237 Å². The summed E-state index contributed by atoms with van der Waals surface area (Å²) >= 11 is 7.26. The van der Waals surface area contributed by atoms with Gasteiger partial charge in [-0.05, 0) is 173 Å². The van der Waals surface area contributed by atoms with Gasteiger partial charge in [0.05, 0.1) is 11.2 Å². The monoisotopic (exact) mass is 2870 g/mol. The van der Waals surface area contributed by atoms with E-state index in [2.05, 4.69) is 249 Å². The van der Waals surface area contributed by atoms with Crippen LogP contribution in [0.4, 0.5) is 0 Å². The third kappa shape index (κ3) is 21.8. The van der Waals surface area contributed by atoms with Crippen molar-refractivity contribution in [2.75, 3.05) is 0 Å². The molecule has 0 N–H and O–H groups in total. The van der Waals surface area contributed by atoms with E-state index in [1.807, 2.05) is 270 Å². The molecule has 0 unspecified atom stereocenters. The van der Waals surface area contributed by atoms with Gasteiger partial charge in [0.1, 0.15) is 11.2 Å². The Balaban J connectivity index is 0.000000125. The zero-order chi connectivity index (χ0) is 85.9. The summed E-state index contributed by atoms with van der Waals surface area (Å²) in [5, 5.41) is 14.9. The molecule has 664 valence electrons. The van der Waals surface area contributed by atoms with E-state index >= 15 is 0 Å². The predicted octanol–water partition coefficient (Wildman–Crippen LogP) is 31.7. The summed E-state index contributed by atoms with van der Waals surface area (Å²) < 4.78 is 22.3. The standard InChI is InChI=1S/2C18H12NS.2C17H10NO.2C17H10NS.C11H8N.6Ir/c1-12-9-10-19-16(11-12)15-7-4-6-14-13-5-2-3-8-17(13)20-18(14)15;1-12-8-9-19-16(10-12)13-6-7-18-15(11-13)14-4-2-3-5-17(14)20-18;3*1-2-10-16-12(6-1)13-7-5-8-14(17(13)19-16)15-9-3-4-11-18-15;1-2-7-16-13(5-1)14-11-12(8-9-17(14)19-16)15-6-3-4-10-18-15;1-2-6-10(7-3-1)11-8-4-5-9-12-11;;;;;;/h2-6,8-11H,1H3;2-5,7-11H,1H3;4*1-7,9-11H;1-6,8-9H;;;;;;/q7*-1;;;;;;. The van der Waals surface area contributed by atoms with Crippen molar-refractivity contribution in [1.82, 2.24) is 34.9 Å². The molecule has 0 saturated heterocycles. The van der Waals surface area contributed by atoms with E-state index in [0.717, 1.165) is 123 Å². The molecule has 0 atom stereocenters. The van der Waals surface area contributed by atoms with Crippen LogP contribution >= 0.6 is 45.3 Å². The number of hydrogen-bond donors (Lipinski definition) is 0. The van der Waals surface area contributed by atoms with Crippen LogP contribution in [0.3, 0.4) is 0 Å². The fraction of sp³-hybridized carbons (Fsp3) is 0.0174. The molecule has 9 nitrogen and oxygen atoms in total. The molecule has 0 amide bonds. The van der Waals surface area contributed by atoms with Gasteiger partial charge in [0, 0.05) is 194 Å². The molecule has 0 bridgehead atoms. The molecule has 19 heteroatoms. The second-order valence-electron chi connectivity index (χ2n) is 30.0. The molecule has 13 aromatic heterocycles. The first-order chi connectivity index (χ1) is 63.3. The number of aromatic nitrogens is 7. The minimum absolute atomic E-state index is 0. The second-order valence-corrected chi connectivity index (χ2v) is 34.3. The quantitative estimate of drug-likeness (QED) is 0.144. The zero-order valence-corrected chi connectivity index (χ0v) is 88.8. The maximum absolute atomic E-state index is 5.97. The molecule has 13 heterocycles. The van der Waals surface area contributed by atoms with Crippen LogP contribution in [0.5, 0.6) is 0 Å². The average molecular weight is 2870 g/mol. The molecule has 0 aliphatic heterocycles. The Hall–Kier alpha value is -11.7. The maximum Gasteiger partial charge on any atom is 0.120 e. The zero-order valence-electron chi connectivity index (χ0n) is 71.2. The van der Waals surface area contributed by atoms with Crippen LogP contribution in [0.15, 0.2) is 410 Å². The van der Waals surface area contributed by atoms with E-state index in [9.17, 15) is 0 Å². The Morgan fingerprint density at radius 1 is 0.209 bits per heavy atom. The summed E-state index contributed by atoms with van der Waals surface area (Å²) in [7, 11) is 0. The first-order valence-electron chi connectivity index (χ1n) is 41.7. The van der Waals surface area contributed by atoms with Crippen LogP contribution < -0.4 is 0 Å². The van der Waals surface area contributed by atoms with E-state index in [1.54, 1.807) is 18.6 Å². The van der Waals surface area contributed by atoms with Gasteiger partial charge in [-0.2, -0.15) is 45.3 Å². The van der Waals surface area contributed by atoms with Gasteiger partial charge in [0.2, 0.25) is 0 Å². The smallest absolute Gasteiger partial charge is 0.120 e. The third-order valence-corrected chi connectivity index (χ3v) is 26.4. The van der Waals surface area contributed by atoms with Crippen LogP contribution in [0.2, 0.25) is 0 Å². The Morgan fingerprint density at radius 2 is 0.530 bits per heavy atom. The molecule has 26 aromatic rings. The van der Waals surface area contributed by atoms with Crippen molar-refractivity contribution < 1.29 is 129 Å². The van der Waals surface area contributed by atoms with Crippen molar-refractivity contribution in [3.63, 3.8) is 0 Å². The van der Waals surface area contributed by atoms with Crippen LogP contribution in [0.25, 0.3) is 203 Å². The van der Waals surface area contributed by atoms with Gasteiger partial charge in [-0.25, -0.2) is 0 Å². The van der Waals surface area contributed by atoms with Crippen LogP contribution in [0, 0.1) is 56.3 Å². The number of rotatable bonds is 7. The van der Waals surface area contributed by atoms with E-state index in [0.29, 0.717) is 0 Å². The largest absolute Gasteiger partial charge is 0.501 e. The maximum atomic E-state index is 5.97. The number of nitrogens with zero attached hydrogens (tertiary/aromatic N) is 7. The molecule has 26 rings (SSSR count). The number of hydrogen-bond acceptors (Lipinski definition) is 13. The molecule has 0 aliphatic carbocycles. The molecular weight excluding hydrogens is 2790 g/mol. The van der Waals surface area contributed by atoms with Crippen molar-refractivity contribution in [2.45, 2.75) is 13.8 Å². The summed E-state index contributed by atoms with van der Waals surface area (Å²) in [6, 6.07) is 144. The molecule has 0 saturated carbocycles. The van der Waals surface area contributed by atoms with Gasteiger partial charge in [0.25, 0.3) is 0 Å². The van der Waals surface area contributed by atoms with Gasteiger partial charge in [-0.15, -0.1) is 167 Å². The minimum atomic E-state index is 0. The Labute approximate surface area is 872 Å². The van der Waals surface area contributed by atoms with E-state index in [1.165, 1.54) is 91.8 Å². The van der Waals surface area contributed by atoms with Gasteiger partial charge >= 0.3 is 0 Å². The first kappa shape index (κ1) is 98.3. The number of pyridine rings is 7. The number of benzene rings is 13.